The van der Waals surface area contributed by atoms with E-state index in [4.69, 9.17) is 0 Å². The van der Waals surface area contributed by atoms with Crippen molar-refractivity contribution in [2.24, 2.45) is 5.92 Å². The summed E-state index contributed by atoms with van der Waals surface area (Å²) in [5.74, 6) is -0.889. The van der Waals surface area contributed by atoms with Crippen molar-refractivity contribution in [1.29, 1.82) is 0 Å². The van der Waals surface area contributed by atoms with Gasteiger partial charge in [-0.25, -0.2) is 0 Å². The number of aryl methyl sites for hydroxylation is 2. The number of fused-ring (bicyclic) bond motifs is 1. The molecule has 2 aliphatic heterocycles. The molecule has 3 amide bonds. The second-order valence-electron chi connectivity index (χ2n) is 7.91. The molecule has 6 nitrogen and oxygen atoms in total. The monoisotopic (exact) mass is 423 g/mol. The first-order valence-corrected chi connectivity index (χ1v) is 11.0. The molecule has 0 bridgehead atoms. The molecule has 2 heterocycles. The molecular formula is C23H25N3O3S. The van der Waals surface area contributed by atoms with Crippen molar-refractivity contribution in [1.82, 2.24) is 4.90 Å². The summed E-state index contributed by atoms with van der Waals surface area (Å²) in [5, 5.41) is 5.01. The molecule has 1 fully saturated rings. The van der Waals surface area contributed by atoms with Crippen LogP contribution in [0.4, 0.5) is 11.4 Å². The van der Waals surface area contributed by atoms with E-state index in [1.54, 1.807) is 4.90 Å². The van der Waals surface area contributed by atoms with E-state index in [1.807, 2.05) is 56.3 Å². The van der Waals surface area contributed by atoms with Gasteiger partial charge in [0.05, 0.1) is 11.6 Å². The lowest BCUT2D eigenvalue weighted by atomic mass is 9.96. The highest BCUT2D eigenvalue weighted by Crippen LogP contribution is 2.36. The maximum Gasteiger partial charge on any atom is 0.247 e. The summed E-state index contributed by atoms with van der Waals surface area (Å²) in [6.07, 6.45) is 1.47. The molecule has 2 aromatic carbocycles. The third-order valence-corrected chi connectivity index (χ3v) is 6.86. The zero-order valence-electron chi connectivity index (χ0n) is 17.1. The molecule has 2 N–H and O–H groups in total. The maximum absolute atomic E-state index is 13.1. The van der Waals surface area contributed by atoms with Gasteiger partial charge in [-0.2, -0.15) is 0 Å². The van der Waals surface area contributed by atoms with Crippen molar-refractivity contribution in [2.45, 2.75) is 36.8 Å². The van der Waals surface area contributed by atoms with Gasteiger partial charge in [0.25, 0.3) is 0 Å². The number of amides is 3. The van der Waals surface area contributed by atoms with Gasteiger partial charge in [0.2, 0.25) is 17.7 Å². The smallest absolute Gasteiger partial charge is 0.247 e. The van der Waals surface area contributed by atoms with E-state index in [9.17, 15) is 14.4 Å². The standard InChI is InChI=1S/C23H25N3O3S/c1-14-9-10-17(15(2)12-14)24-21(27)16-6-5-11-26(13-16)23(29)20-22(28)25-18-7-3-4-8-19(18)30-20/h3-4,7-10,12,16,20H,5-6,11,13H2,1-2H3,(H,24,27)(H,25,28). The lowest BCUT2D eigenvalue weighted by Gasteiger charge is -2.35. The van der Waals surface area contributed by atoms with Gasteiger partial charge >= 0.3 is 0 Å². The Bertz CT molecular complexity index is 1010. The Hall–Kier alpha value is -2.80. The SMILES string of the molecule is Cc1ccc(NC(=O)C2CCCN(C(=O)C3Sc4ccccc4NC3=O)C2)c(C)c1. The van der Waals surface area contributed by atoms with Crippen LogP contribution in [0.2, 0.25) is 0 Å². The first-order chi connectivity index (χ1) is 14.4. The number of piperidine rings is 1. The highest BCUT2D eigenvalue weighted by Gasteiger charge is 2.38. The normalized spacial score (nSPS) is 20.9. The van der Waals surface area contributed by atoms with Gasteiger partial charge in [-0.1, -0.05) is 29.8 Å². The molecule has 4 rings (SSSR count). The molecule has 0 radical (unpaired) electrons. The fourth-order valence-electron chi connectivity index (χ4n) is 3.96. The summed E-state index contributed by atoms with van der Waals surface area (Å²) in [7, 11) is 0. The van der Waals surface area contributed by atoms with Crippen LogP contribution in [0.3, 0.4) is 0 Å². The lowest BCUT2D eigenvalue weighted by Crippen LogP contribution is -2.50. The highest BCUT2D eigenvalue weighted by molar-refractivity contribution is 8.01. The van der Waals surface area contributed by atoms with Crippen LogP contribution in [0.15, 0.2) is 47.4 Å². The van der Waals surface area contributed by atoms with Crippen LogP contribution < -0.4 is 10.6 Å². The van der Waals surface area contributed by atoms with E-state index in [1.165, 1.54) is 11.8 Å². The number of thioether (sulfide) groups is 1. The van der Waals surface area contributed by atoms with Crippen molar-refractivity contribution in [3.63, 3.8) is 0 Å². The van der Waals surface area contributed by atoms with Gasteiger partial charge in [0, 0.05) is 23.7 Å². The van der Waals surface area contributed by atoms with E-state index in [0.29, 0.717) is 13.1 Å². The third kappa shape index (κ3) is 4.21. The quantitative estimate of drug-likeness (QED) is 0.740. The molecule has 2 aliphatic rings. The number of rotatable bonds is 3. The molecule has 2 aromatic rings. The Morgan fingerprint density at radius 2 is 1.97 bits per heavy atom. The largest absolute Gasteiger partial charge is 0.340 e. The summed E-state index contributed by atoms with van der Waals surface area (Å²) in [6, 6.07) is 13.4. The summed E-state index contributed by atoms with van der Waals surface area (Å²) in [5.41, 5.74) is 3.69. The number of carbonyl (C=O) groups is 3. The first kappa shape index (κ1) is 20.5. The molecular weight excluding hydrogens is 398 g/mol. The molecule has 0 aromatic heterocycles. The summed E-state index contributed by atoms with van der Waals surface area (Å²) >= 11 is 1.28. The fourth-order valence-corrected chi connectivity index (χ4v) is 5.03. The number of nitrogens with one attached hydrogen (secondary N) is 2. The van der Waals surface area contributed by atoms with Crippen LogP contribution in [-0.2, 0) is 14.4 Å². The zero-order valence-corrected chi connectivity index (χ0v) is 17.9. The number of nitrogens with zero attached hydrogens (tertiary/aromatic N) is 1. The molecule has 2 unspecified atom stereocenters. The average Bonchev–Trinajstić information content (AvgIpc) is 2.74. The van der Waals surface area contributed by atoms with E-state index in [2.05, 4.69) is 10.6 Å². The number of hydrogen-bond acceptors (Lipinski definition) is 4. The zero-order chi connectivity index (χ0) is 21.3. The van der Waals surface area contributed by atoms with Crippen molar-refractivity contribution in [3.8, 4) is 0 Å². The van der Waals surface area contributed by atoms with Crippen molar-refractivity contribution < 1.29 is 14.4 Å². The highest BCUT2D eigenvalue weighted by atomic mass is 32.2. The minimum atomic E-state index is -0.818. The maximum atomic E-state index is 13.1. The summed E-state index contributed by atoms with van der Waals surface area (Å²) in [6.45, 7) is 4.89. The number of hydrogen-bond donors (Lipinski definition) is 2. The Labute approximate surface area is 180 Å². The molecule has 0 aliphatic carbocycles. The van der Waals surface area contributed by atoms with Crippen LogP contribution in [0, 0.1) is 19.8 Å². The van der Waals surface area contributed by atoms with Gasteiger partial charge in [-0.3, -0.25) is 14.4 Å². The fraction of sp³-hybridized carbons (Fsp3) is 0.348. The third-order valence-electron chi connectivity index (χ3n) is 5.60. The molecule has 30 heavy (non-hydrogen) atoms. The Morgan fingerprint density at radius 3 is 2.77 bits per heavy atom. The van der Waals surface area contributed by atoms with Crippen molar-refractivity contribution in [3.05, 3.63) is 53.6 Å². The van der Waals surface area contributed by atoms with E-state index in [-0.39, 0.29) is 23.6 Å². The van der Waals surface area contributed by atoms with Crippen LogP contribution in [0.1, 0.15) is 24.0 Å². The van der Waals surface area contributed by atoms with E-state index < -0.39 is 5.25 Å². The van der Waals surface area contributed by atoms with E-state index >= 15 is 0 Å². The van der Waals surface area contributed by atoms with Gasteiger partial charge in [-0.05, 0) is 50.5 Å². The summed E-state index contributed by atoms with van der Waals surface area (Å²) < 4.78 is 0. The molecule has 2 atom stereocenters. The van der Waals surface area contributed by atoms with Gasteiger partial charge < -0.3 is 15.5 Å². The number of anilines is 2. The minimum Gasteiger partial charge on any atom is -0.340 e. The van der Waals surface area contributed by atoms with Crippen LogP contribution in [-0.4, -0.2) is 41.0 Å². The Balaban J connectivity index is 1.42. The van der Waals surface area contributed by atoms with Crippen LogP contribution in [0.25, 0.3) is 0 Å². The predicted molar refractivity (Wildman–Crippen MR) is 119 cm³/mol. The summed E-state index contributed by atoms with van der Waals surface area (Å²) in [4.78, 5) is 41.0. The van der Waals surface area contributed by atoms with Crippen LogP contribution >= 0.6 is 11.8 Å². The van der Waals surface area contributed by atoms with Gasteiger partial charge in [0.1, 0.15) is 0 Å². The van der Waals surface area contributed by atoms with Crippen molar-refractivity contribution in [2.75, 3.05) is 23.7 Å². The topological polar surface area (TPSA) is 78.5 Å². The number of benzene rings is 2. The minimum absolute atomic E-state index is 0.0782. The average molecular weight is 424 g/mol. The molecule has 0 saturated carbocycles. The van der Waals surface area contributed by atoms with Gasteiger partial charge in [-0.15, -0.1) is 11.8 Å². The molecule has 1 saturated heterocycles. The molecule has 156 valence electrons. The van der Waals surface area contributed by atoms with Crippen LogP contribution in [0.5, 0.6) is 0 Å². The second kappa shape index (κ2) is 8.52. The van der Waals surface area contributed by atoms with Crippen molar-refractivity contribution >= 4 is 40.9 Å². The predicted octanol–water partition coefficient (Wildman–Crippen LogP) is 3.59. The number of para-hydroxylation sites is 1. The van der Waals surface area contributed by atoms with E-state index in [0.717, 1.165) is 40.2 Å². The Kier molecular flexibility index (Phi) is 5.81. The Morgan fingerprint density at radius 1 is 1.17 bits per heavy atom. The number of likely N-dealkylation sites (tertiary alicyclic amines) is 1. The van der Waals surface area contributed by atoms with Gasteiger partial charge in [0.15, 0.2) is 5.25 Å². The second-order valence-corrected chi connectivity index (χ2v) is 9.06. The lowest BCUT2D eigenvalue weighted by molar-refractivity contribution is -0.136. The first-order valence-electron chi connectivity index (χ1n) is 10.2. The molecule has 0 spiro atoms. The molecule has 7 heteroatoms. The number of carbonyl (C=O) groups excluding carboxylic acids is 3.